The smallest absolute Gasteiger partial charge is 0.227 e. The number of thioether (sulfide) groups is 1. The third kappa shape index (κ3) is 2.63. The summed E-state index contributed by atoms with van der Waals surface area (Å²) in [6.45, 7) is 0.922. The standard InChI is InChI=1S/C14H18N2O2S/c15-11-8-18-7-10(11)14(17)16-12-5-6-19-13-4-2-1-3-9(12)13/h1-4,10-12H,5-8,15H2,(H,16,17). The van der Waals surface area contributed by atoms with Crippen LogP contribution >= 0.6 is 11.8 Å². The van der Waals surface area contributed by atoms with Gasteiger partial charge in [-0.25, -0.2) is 0 Å². The van der Waals surface area contributed by atoms with Crippen LogP contribution in [0, 0.1) is 5.92 Å². The zero-order valence-electron chi connectivity index (χ0n) is 10.7. The zero-order chi connectivity index (χ0) is 13.2. The molecule has 1 fully saturated rings. The van der Waals surface area contributed by atoms with Gasteiger partial charge in [0.05, 0.1) is 25.2 Å². The van der Waals surface area contributed by atoms with Crippen LogP contribution in [0.2, 0.25) is 0 Å². The molecule has 2 aliphatic heterocycles. The first-order valence-electron chi connectivity index (χ1n) is 6.61. The van der Waals surface area contributed by atoms with E-state index in [4.69, 9.17) is 10.5 Å². The fraction of sp³-hybridized carbons (Fsp3) is 0.500. The van der Waals surface area contributed by atoms with Gasteiger partial charge in [-0.15, -0.1) is 11.8 Å². The summed E-state index contributed by atoms with van der Waals surface area (Å²) >= 11 is 1.85. The molecular weight excluding hydrogens is 260 g/mol. The molecule has 1 saturated heterocycles. The van der Waals surface area contributed by atoms with E-state index >= 15 is 0 Å². The SMILES string of the molecule is NC1COCC1C(=O)NC1CCSc2ccccc21. The molecule has 2 heterocycles. The largest absolute Gasteiger partial charge is 0.379 e. The predicted molar refractivity (Wildman–Crippen MR) is 75.0 cm³/mol. The molecule has 1 aromatic rings. The van der Waals surface area contributed by atoms with Crippen LogP contribution in [0.3, 0.4) is 0 Å². The van der Waals surface area contributed by atoms with E-state index in [0.29, 0.717) is 13.2 Å². The number of carbonyl (C=O) groups is 1. The Bertz CT molecular complexity index is 480. The molecule has 1 amide bonds. The van der Waals surface area contributed by atoms with Gasteiger partial charge in [0.2, 0.25) is 5.91 Å². The van der Waals surface area contributed by atoms with Crippen molar-refractivity contribution in [1.82, 2.24) is 5.32 Å². The molecule has 102 valence electrons. The maximum absolute atomic E-state index is 12.3. The zero-order valence-corrected chi connectivity index (χ0v) is 11.5. The van der Waals surface area contributed by atoms with Gasteiger partial charge in [0, 0.05) is 16.7 Å². The molecule has 3 N–H and O–H groups in total. The highest BCUT2D eigenvalue weighted by Crippen LogP contribution is 2.36. The quantitative estimate of drug-likeness (QED) is 0.856. The fourth-order valence-corrected chi connectivity index (χ4v) is 3.74. The predicted octanol–water partition coefficient (Wildman–Crippen LogP) is 1.31. The summed E-state index contributed by atoms with van der Waals surface area (Å²) in [6, 6.07) is 8.21. The number of carbonyl (C=O) groups excluding carboxylic acids is 1. The normalized spacial score (nSPS) is 29.8. The average molecular weight is 278 g/mol. The maximum atomic E-state index is 12.3. The van der Waals surface area contributed by atoms with Gasteiger partial charge in [0.1, 0.15) is 0 Å². The van der Waals surface area contributed by atoms with E-state index in [2.05, 4.69) is 17.4 Å². The molecule has 0 radical (unpaired) electrons. The van der Waals surface area contributed by atoms with Gasteiger partial charge in [-0.05, 0) is 18.1 Å². The molecule has 3 rings (SSSR count). The minimum Gasteiger partial charge on any atom is -0.379 e. The summed E-state index contributed by atoms with van der Waals surface area (Å²) in [5, 5.41) is 3.14. The highest BCUT2D eigenvalue weighted by molar-refractivity contribution is 7.99. The summed E-state index contributed by atoms with van der Waals surface area (Å²) in [7, 11) is 0. The summed E-state index contributed by atoms with van der Waals surface area (Å²) in [5.41, 5.74) is 7.11. The molecule has 3 atom stereocenters. The Morgan fingerprint density at radius 2 is 2.21 bits per heavy atom. The van der Waals surface area contributed by atoms with Crippen LogP contribution in [0.1, 0.15) is 18.0 Å². The van der Waals surface area contributed by atoms with Crippen LogP contribution in [-0.4, -0.2) is 30.9 Å². The van der Waals surface area contributed by atoms with E-state index < -0.39 is 0 Å². The Labute approximate surface area is 117 Å². The lowest BCUT2D eigenvalue weighted by Gasteiger charge is -2.27. The highest BCUT2D eigenvalue weighted by atomic mass is 32.2. The summed E-state index contributed by atoms with van der Waals surface area (Å²) in [4.78, 5) is 13.5. The molecule has 5 heteroatoms. The van der Waals surface area contributed by atoms with E-state index in [0.717, 1.165) is 12.2 Å². The second-order valence-corrected chi connectivity index (χ2v) is 6.18. The van der Waals surface area contributed by atoms with Gasteiger partial charge in [0.25, 0.3) is 0 Å². The first-order valence-corrected chi connectivity index (χ1v) is 7.59. The van der Waals surface area contributed by atoms with E-state index in [9.17, 15) is 4.79 Å². The lowest BCUT2D eigenvalue weighted by molar-refractivity contribution is -0.126. The number of rotatable bonds is 2. The molecule has 2 aliphatic rings. The Hall–Kier alpha value is -1.04. The molecule has 19 heavy (non-hydrogen) atoms. The highest BCUT2D eigenvalue weighted by Gasteiger charge is 2.33. The molecule has 4 nitrogen and oxygen atoms in total. The van der Waals surface area contributed by atoms with Crippen LogP contribution < -0.4 is 11.1 Å². The maximum Gasteiger partial charge on any atom is 0.227 e. The minimum atomic E-state index is -0.207. The van der Waals surface area contributed by atoms with E-state index in [1.807, 2.05) is 23.9 Å². The van der Waals surface area contributed by atoms with Gasteiger partial charge in [0.15, 0.2) is 0 Å². The molecule has 1 aromatic carbocycles. The molecule has 0 spiro atoms. The molecule has 0 aromatic heterocycles. The van der Waals surface area contributed by atoms with E-state index in [1.54, 1.807) is 0 Å². The van der Waals surface area contributed by atoms with Gasteiger partial charge in [-0.2, -0.15) is 0 Å². The molecular formula is C14H18N2O2S. The lowest BCUT2D eigenvalue weighted by Crippen LogP contribution is -2.42. The van der Waals surface area contributed by atoms with E-state index in [1.165, 1.54) is 10.5 Å². The molecule has 3 unspecified atom stereocenters. The third-order valence-corrected chi connectivity index (χ3v) is 4.86. The van der Waals surface area contributed by atoms with Crippen molar-refractivity contribution < 1.29 is 9.53 Å². The molecule has 0 bridgehead atoms. The van der Waals surface area contributed by atoms with Crippen molar-refractivity contribution in [2.24, 2.45) is 11.7 Å². The number of nitrogens with two attached hydrogens (primary N) is 1. The van der Waals surface area contributed by atoms with Crippen molar-refractivity contribution in [1.29, 1.82) is 0 Å². The van der Waals surface area contributed by atoms with Crippen molar-refractivity contribution >= 4 is 17.7 Å². The van der Waals surface area contributed by atoms with Gasteiger partial charge < -0.3 is 15.8 Å². The van der Waals surface area contributed by atoms with Crippen molar-refractivity contribution in [3.8, 4) is 0 Å². The summed E-state index contributed by atoms with van der Waals surface area (Å²) in [6.07, 6.45) is 0.968. The Kier molecular flexibility index (Phi) is 3.77. The van der Waals surface area contributed by atoms with Crippen molar-refractivity contribution in [3.63, 3.8) is 0 Å². The van der Waals surface area contributed by atoms with Gasteiger partial charge >= 0.3 is 0 Å². The number of fused-ring (bicyclic) bond motifs is 1. The first kappa shape index (κ1) is 13.0. The minimum absolute atomic E-state index is 0.0247. The molecule has 0 aliphatic carbocycles. The summed E-state index contributed by atoms with van der Waals surface area (Å²) < 4.78 is 5.26. The topological polar surface area (TPSA) is 64.3 Å². The average Bonchev–Trinajstić information content (AvgIpc) is 2.85. The number of hydrogen-bond acceptors (Lipinski definition) is 4. The molecule has 0 saturated carbocycles. The van der Waals surface area contributed by atoms with Crippen molar-refractivity contribution in [2.75, 3.05) is 19.0 Å². The van der Waals surface area contributed by atoms with Gasteiger partial charge in [-0.1, -0.05) is 18.2 Å². The van der Waals surface area contributed by atoms with Gasteiger partial charge in [-0.3, -0.25) is 4.79 Å². The van der Waals surface area contributed by atoms with Crippen LogP contribution in [0.15, 0.2) is 29.2 Å². The Morgan fingerprint density at radius 1 is 1.37 bits per heavy atom. The number of ether oxygens (including phenoxy) is 1. The fourth-order valence-electron chi connectivity index (χ4n) is 2.61. The van der Waals surface area contributed by atoms with Crippen molar-refractivity contribution in [2.45, 2.75) is 23.4 Å². The summed E-state index contributed by atoms with van der Waals surface area (Å²) in [5.74, 6) is 0.855. The van der Waals surface area contributed by atoms with Crippen LogP contribution in [0.25, 0.3) is 0 Å². The number of benzene rings is 1. The van der Waals surface area contributed by atoms with E-state index in [-0.39, 0.29) is 23.9 Å². The van der Waals surface area contributed by atoms with Crippen LogP contribution in [-0.2, 0) is 9.53 Å². The Morgan fingerprint density at radius 3 is 3.00 bits per heavy atom. The van der Waals surface area contributed by atoms with Crippen molar-refractivity contribution in [3.05, 3.63) is 29.8 Å². The van der Waals surface area contributed by atoms with Crippen LogP contribution in [0.4, 0.5) is 0 Å². The second-order valence-electron chi connectivity index (χ2n) is 5.04. The lowest BCUT2D eigenvalue weighted by atomic mass is 10.00. The monoisotopic (exact) mass is 278 g/mol. The second kappa shape index (κ2) is 5.53. The Balaban J connectivity index is 1.72. The van der Waals surface area contributed by atoms with Crippen LogP contribution in [0.5, 0.6) is 0 Å². The first-order chi connectivity index (χ1) is 9.25. The number of hydrogen-bond donors (Lipinski definition) is 2. The third-order valence-electron chi connectivity index (χ3n) is 3.74. The number of amides is 1. The number of nitrogens with one attached hydrogen (secondary N) is 1.